The Hall–Kier alpha value is -4.26. The Kier molecular flexibility index (Phi) is 5.57. The van der Waals surface area contributed by atoms with E-state index in [0.29, 0.717) is 17.1 Å². The summed E-state index contributed by atoms with van der Waals surface area (Å²) in [7, 11) is 0. The van der Waals surface area contributed by atoms with Crippen LogP contribution >= 0.6 is 0 Å². The lowest BCUT2D eigenvalue weighted by Gasteiger charge is -2.14. The van der Waals surface area contributed by atoms with Crippen molar-refractivity contribution in [2.45, 2.75) is 6.92 Å². The lowest BCUT2D eigenvalue weighted by atomic mass is 10.2. The van der Waals surface area contributed by atoms with Gasteiger partial charge >= 0.3 is 0 Å². The van der Waals surface area contributed by atoms with Gasteiger partial charge in [0.15, 0.2) is 5.69 Å². The maximum atomic E-state index is 14.2. The van der Waals surface area contributed by atoms with E-state index >= 15 is 0 Å². The molecule has 0 radical (unpaired) electrons. The number of carbonyl (C=O) groups excluding carboxylic acids is 1. The monoisotopic (exact) mass is 414 g/mol. The van der Waals surface area contributed by atoms with Crippen molar-refractivity contribution in [2.24, 2.45) is 0 Å². The number of nitrogens with zero attached hydrogens (tertiary/aromatic N) is 2. The summed E-state index contributed by atoms with van der Waals surface area (Å²) >= 11 is 0. The van der Waals surface area contributed by atoms with Gasteiger partial charge in [0.2, 0.25) is 5.43 Å². The van der Waals surface area contributed by atoms with Crippen LogP contribution in [-0.4, -0.2) is 15.7 Å². The highest BCUT2D eigenvalue weighted by Crippen LogP contribution is 2.25. The number of rotatable bonds is 5. The minimum absolute atomic E-state index is 0.153. The zero-order chi connectivity index (χ0) is 21.8. The Labute approximate surface area is 178 Å². The first-order valence-corrected chi connectivity index (χ1v) is 9.61. The van der Waals surface area contributed by atoms with Crippen molar-refractivity contribution in [1.82, 2.24) is 9.78 Å². The molecule has 154 valence electrons. The van der Waals surface area contributed by atoms with Crippen LogP contribution in [0.15, 0.2) is 89.7 Å². The highest BCUT2D eigenvalue weighted by molar-refractivity contribution is 6.04. The number of carbonyl (C=O) groups is 1. The number of amides is 1. The highest BCUT2D eigenvalue weighted by Gasteiger charge is 2.18. The Morgan fingerprint density at radius 3 is 2.29 bits per heavy atom. The van der Waals surface area contributed by atoms with Crippen LogP contribution in [0.5, 0.6) is 0 Å². The van der Waals surface area contributed by atoms with Gasteiger partial charge in [0.1, 0.15) is 11.5 Å². The molecular weight excluding hydrogens is 395 g/mol. The molecule has 0 aliphatic heterocycles. The van der Waals surface area contributed by atoms with E-state index in [-0.39, 0.29) is 11.4 Å². The van der Waals surface area contributed by atoms with Crippen molar-refractivity contribution < 1.29 is 9.18 Å². The lowest BCUT2D eigenvalue weighted by molar-refractivity contribution is 0.101. The Bertz CT molecular complexity index is 1300. The van der Waals surface area contributed by atoms with Crippen molar-refractivity contribution in [2.75, 3.05) is 10.6 Å². The van der Waals surface area contributed by atoms with Crippen LogP contribution in [0.3, 0.4) is 0 Å². The number of nitrogens with one attached hydrogen (secondary N) is 2. The van der Waals surface area contributed by atoms with Gasteiger partial charge in [-0.3, -0.25) is 9.59 Å². The average molecular weight is 414 g/mol. The van der Waals surface area contributed by atoms with Crippen molar-refractivity contribution in [3.05, 3.63) is 112 Å². The van der Waals surface area contributed by atoms with E-state index in [1.54, 1.807) is 31.2 Å². The molecule has 1 aromatic heterocycles. The van der Waals surface area contributed by atoms with E-state index in [1.165, 1.54) is 22.9 Å². The summed E-state index contributed by atoms with van der Waals surface area (Å²) in [6.07, 6.45) is 0. The van der Waals surface area contributed by atoms with Crippen molar-refractivity contribution in [1.29, 1.82) is 0 Å². The summed E-state index contributed by atoms with van der Waals surface area (Å²) in [5.74, 6) is -1.19. The molecule has 2 N–H and O–H groups in total. The fourth-order valence-electron chi connectivity index (χ4n) is 3.13. The first-order chi connectivity index (χ1) is 15.0. The lowest BCUT2D eigenvalue weighted by Crippen LogP contribution is -2.27. The fourth-order valence-corrected chi connectivity index (χ4v) is 3.13. The van der Waals surface area contributed by atoms with Gasteiger partial charge in [0.25, 0.3) is 5.91 Å². The third kappa shape index (κ3) is 4.35. The smallest absolute Gasteiger partial charge is 0.280 e. The molecule has 0 atom stereocenters. The molecule has 0 saturated heterocycles. The average Bonchev–Trinajstić information content (AvgIpc) is 2.76. The molecule has 4 rings (SSSR count). The number of para-hydroxylation sites is 4. The number of halogens is 1. The maximum absolute atomic E-state index is 14.2. The fraction of sp³-hybridized carbons (Fsp3) is 0.0417. The van der Waals surface area contributed by atoms with Gasteiger partial charge in [-0.05, 0) is 43.3 Å². The van der Waals surface area contributed by atoms with E-state index in [2.05, 4.69) is 15.7 Å². The molecule has 4 aromatic rings. The Balaban J connectivity index is 1.67. The molecule has 0 unspecified atom stereocenters. The van der Waals surface area contributed by atoms with Crippen LogP contribution in [0, 0.1) is 12.7 Å². The summed E-state index contributed by atoms with van der Waals surface area (Å²) in [4.78, 5) is 25.4. The minimum atomic E-state index is -0.683. The third-order valence-electron chi connectivity index (χ3n) is 4.63. The summed E-state index contributed by atoms with van der Waals surface area (Å²) in [6, 6.07) is 23.9. The van der Waals surface area contributed by atoms with Crippen molar-refractivity contribution in [3.63, 3.8) is 0 Å². The maximum Gasteiger partial charge on any atom is 0.280 e. The molecule has 0 aliphatic carbocycles. The summed E-state index contributed by atoms with van der Waals surface area (Å²) in [5, 5.41) is 10.1. The molecule has 0 saturated carbocycles. The van der Waals surface area contributed by atoms with E-state index in [1.807, 2.05) is 42.5 Å². The molecule has 0 bridgehead atoms. The molecular formula is C24H19FN4O2. The van der Waals surface area contributed by atoms with Gasteiger partial charge < -0.3 is 10.6 Å². The van der Waals surface area contributed by atoms with E-state index in [0.717, 1.165) is 5.69 Å². The first-order valence-electron chi connectivity index (χ1n) is 9.61. The predicted octanol–water partition coefficient (Wildman–Crippen LogP) is 4.68. The van der Waals surface area contributed by atoms with Gasteiger partial charge in [0.05, 0.1) is 11.4 Å². The molecule has 6 nitrogen and oxygen atoms in total. The molecule has 1 heterocycles. The second-order valence-corrected chi connectivity index (χ2v) is 6.85. The van der Waals surface area contributed by atoms with Gasteiger partial charge in [-0.2, -0.15) is 5.10 Å². The van der Waals surface area contributed by atoms with Crippen LogP contribution in [0.4, 0.5) is 21.5 Å². The zero-order valence-corrected chi connectivity index (χ0v) is 16.7. The van der Waals surface area contributed by atoms with Crippen LogP contribution < -0.4 is 16.1 Å². The molecule has 3 aromatic carbocycles. The highest BCUT2D eigenvalue weighted by atomic mass is 19.1. The zero-order valence-electron chi connectivity index (χ0n) is 16.7. The minimum Gasteiger partial charge on any atom is -0.354 e. The largest absolute Gasteiger partial charge is 0.354 e. The van der Waals surface area contributed by atoms with Crippen LogP contribution in [0.1, 0.15) is 16.2 Å². The van der Waals surface area contributed by atoms with E-state index in [9.17, 15) is 14.0 Å². The number of hydrogen-bond donors (Lipinski definition) is 2. The number of anilines is 3. The standard InChI is InChI=1S/C24H19FN4O2/c1-16-15-22(30)23(28-29(16)21-14-8-5-11-18(21)25)24(31)27-20-13-7-6-12-19(20)26-17-9-3-2-4-10-17/h2-15,26H,1H3,(H,27,31). The van der Waals surface area contributed by atoms with Crippen LogP contribution in [0.2, 0.25) is 0 Å². The Morgan fingerprint density at radius 2 is 1.55 bits per heavy atom. The normalized spacial score (nSPS) is 10.5. The van der Waals surface area contributed by atoms with Gasteiger partial charge in [0, 0.05) is 17.4 Å². The van der Waals surface area contributed by atoms with Gasteiger partial charge in [-0.1, -0.05) is 42.5 Å². The molecule has 0 fully saturated rings. The van der Waals surface area contributed by atoms with Crippen molar-refractivity contribution >= 4 is 23.0 Å². The second-order valence-electron chi connectivity index (χ2n) is 6.85. The van der Waals surface area contributed by atoms with Crippen LogP contribution in [-0.2, 0) is 0 Å². The Morgan fingerprint density at radius 1 is 0.903 bits per heavy atom. The topological polar surface area (TPSA) is 76.0 Å². The van der Waals surface area contributed by atoms with E-state index < -0.39 is 17.2 Å². The molecule has 7 heteroatoms. The SMILES string of the molecule is Cc1cc(=O)c(C(=O)Nc2ccccc2Nc2ccccc2)nn1-c1ccccc1F. The molecule has 31 heavy (non-hydrogen) atoms. The quantitative estimate of drug-likeness (QED) is 0.497. The summed E-state index contributed by atoms with van der Waals surface area (Å²) in [6.45, 7) is 1.63. The predicted molar refractivity (Wildman–Crippen MR) is 119 cm³/mol. The van der Waals surface area contributed by atoms with E-state index in [4.69, 9.17) is 0 Å². The summed E-state index contributed by atoms with van der Waals surface area (Å²) in [5.41, 5.74) is 1.68. The first kappa shape index (κ1) is 20.0. The van der Waals surface area contributed by atoms with Crippen LogP contribution in [0.25, 0.3) is 5.69 Å². The van der Waals surface area contributed by atoms with Crippen molar-refractivity contribution in [3.8, 4) is 5.69 Å². The number of benzene rings is 3. The van der Waals surface area contributed by atoms with Gasteiger partial charge in [-0.15, -0.1) is 0 Å². The molecule has 0 aliphatic rings. The van der Waals surface area contributed by atoms with Gasteiger partial charge in [-0.25, -0.2) is 9.07 Å². The second kappa shape index (κ2) is 8.62. The number of aryl methyl sites for hydroxylation is 1. The molecule has 0 spiro atoms. The number of aromatic nitrogens is 2. The molecule has 1 amide bonds. The third-order valence-corrected chi connectivity index (χ3v) is 4.63. The summed E-state index contributed by atoms with van der Waals surface area (Å²) < 4.78 is 15.5. The number of hydrogen-bond acceptors (Lipinski definition) is 4.